The number of nitrogens with one attached hydrogen (secondary N) is 1. The molecule has 2 aromatic rings. The van der Waals surface area contributed by atoms with E-state index in [0.29, 0.717) is 13.0 Å². The monoisotopic (exact) mass is 342 g/mol. The van der Waals surface area contributed by atoms with Crippen molar-refractivity contribution in [3.05, 3.63) is 71.0 Å². The number of carbonyl (C=O) groups is 2. The molecule has 1 heterocycles. The Kier molecular flexibility index (Phi) is 5.09. The van der Waals surface area contributed by atoms with Crippen LogP contribution in [-0.4, -0.2) is 41.5 Å². The summed E-state index contributed by atoms with van der Waals surface area (Å²) in [7, 11) is 0. The number of rotatable bonds is 4. The number of carbonyl (C=O) groups excluding carboxylic acids is 2. The number of halogens is 1. The molecule has 1 atom stereocenters. The SMILES string of the molecule is O=C(NCC(=O)N1CCc2ccccc2[C@H]1CO)c1cccc(F)c1. The Bertz CT molecular complexity index is 794. The highest BCUT2D eigenvalue weighted by atomic mass is 19.1. The van der Waals surface area contributed by atoms with Gasteiger partial charge in [0, 0.05) is 12.1 Å². The molecule has 1 aliphatic rings. The lowest BCUT2D eigenvalue weighted by Crippen LogP contribution is -2.46. The first-order chi connectivity index (χ1) is 12.1. The van der Waals surface area contributed by atoms with E-state index in [1.165, 1.54) is 18.2 Å². The van der Waals surface area contributed by atoms with Gasteiger partial charge in [0.05, 0.1) is 19.2 Å². The average Bonchev–Trinajstić information content (AvgIpc) is 2.64. The van der Waals surface area contributed by atoms with Crippen molar-refractivity contribution in [1.29, 1.82) is 0 Å². The number of nitrogens with zero attached hydrogens (tertiary/aromatic N) is 1. The highest BCUT2D eigenvalue weighted by Crippen LogP contribution is 2.29. The van der Waals surface area contributed by atoms with E-state index >= 15 is 0 Å². The van der Waals surface area contributed by atoms with E-state index in [1.54, 1.807) is 4.90 Å². The Balaban J connectivity index is 1.66. The number of aliphatic hydroxyl groups excluding tert-OH is 1. The molecule has 0 aromatic heterocycles. The molecule has 5 nitrogen and oxygen atoms in total. The van der Waals surface area contributed by atoms with Crippen molar-refractivity contribution >= 4 is 11.8 Å². The first-order valence-electron chi connectivity index (χ1n) is 8.12. The van der Waals surface area contributed by atoms with Crippen molar-refractivity contribution in [1.82, 2.24) is 10.2 Å². The Labute approximate surface area is 145 Å². The normalized spacial score (nSPS) is 16.2. The number of hydrogen-bond donors (Lipinski definition) is 2. The van der Waals surface area contributed by atoms with E-state index in [-0.39, 0.29) is 24.6 Å². The molecule has 2 N–H and O–H groups in total. The minimum atomic E-state index is -0.509. The summed E-state index contributed by atoms with van der Waals surface area (Å²) in [6.07, 6.45) is 0.705. The van der Waals surface area contributed by atoms with E-state index in [0.717, 1.165) is 17.2 Å². The zero-order chi connectivity index (χ0) is 17.8. The summed E-state index contributed by atoms with van der Waals surface area (Å²) in [6.45, 7) is 0.103. The van der Waals surface area contributed by atoms with Crippen LogP contribution in [0, 0.1) is 5.82 Å². The van der Waals surface area contributed by atoms with Gasteiger partial charge in [-0.25, -0.2) is 4.39 Å². The number of amides is 2. The standard InChI is InChI=1S/C19H19FN2O3/c20-15-6-3-5-14(10-15)19(25)21-11-18(24)22-9-8-13-4-1-2-7-16(13)17(22)12-23/h1-7,10,17,23H,8-9,11-12H2,(H,21,25)/t17-/m1/s1. The fraction of sp³-hybridized carbons (Fsp3) is 0.263. The Morgan fingerprint density at radius 1 is 1.20 bits per heavy atom. The Morgan fingerprint density at radius 2 is 2.00 bits per heavy atom. The molecule has 0 saturated heterocycles. The van der Waals surface area contributed by atoms with E-state index in [2.05, 4.69) is 5.32 Å². The molecule has 3 rings (SSSR count). The summed E-state index contributed by atoms with van der Waals surface area (Å²) < 4.78 is 13.2. The maximum absolute atomic E-state index is 13.2. The van der Waals surface area contributed by atoms with Crippen LogP contribution < -0.4 is 5.32 Å². The van der Waals surface area contributed by atoms with Crippen molar-refractivity contribution in [3.8, 4) is 0 Å². The molecule has 130 valence electrons. The second-order valence-corrected chi connectivity index (χ2v) is 5.93. The molecule has 1 aliphatic heterocycles. The number of fused-ring (bicyclic) bond motifs is 1. The molecular weight excluding hydrogens is 323 g/mol. The highest BCUT2D eigenvalue weighted by molar-refractivity contribution is 5.96. The van der Waals surface area contributed by atoms with Crippen LogP contribution in [0.4, 0.5) is 4.39 Å². The molecule has 0 saturated carbocycles. The zero-order valence-corrected chi connectivity index (χ0v) is 13.6. The molecular formula is C19H19FN2O3. The number of hydrogen-bond acceptors (Lipinski definition) is 3. The maximum Gasteiger partial charge on any atom is 0.251 e. The minimum absolute atomic E-state index is 0.162. The van der Waals surface area contributed by atoms with Gasteiger partial charge in [0.15, 0.2) is 0 Å². The maximum atomic E-state index is 13.2. The van der Waals surface area contributed by atoms with Gasteiger partial charge < -0.3 is 15.3 Å². The molecule has 0 aliphatic carbocycles. The van der Waals surface area contributed by atoms with Gasteiger partial charge in [0.25, 0.3) is 5.91 Å². The number of benzene rings is 2. The summed E-state index contributed by atoms with van der Waals surface area (Å²) >= 11 is 0. The fourth-order valence-corrected chi connectivity index (χ4v) is 3.14. The van der Waals surface area contributed by atoms with Gasteiger partial charge in [-0.3, -0.25) is 9.59 Å². The van der Waals surface area contributed by atoms with Gasteiger partial charge in [0.1, 0.15) is 5.82 Å². The lowest BCUT2D eigenvalue weighted by molar-refractivity contribution is -0.134. The van der Waals surface area contributed by atoms with Gasteiger partial charge in [-0.1, -0.05) is 30.3 Å². The van der Waals surface area contributed by atoms with Gasteiger partial charge in [0.2, 0.25) is 5.91 Å². The van der Waals surface area contributed by atoms with Crippen molar-refractivity contribution < 1.29 is 19.1 Å². The third-order valence-electron chi connectivity index (χ3n) is 4.39. The van der Waals surface area contributed by atoms with E-state index in [4.69, 9.17) is 0 Å². The number of aliphatic hydroxyl groups is 1. The highest BCUT2D eigenvalue weighted by Gasteiger charge is 2.30. The Hall–Kier alpha value is -2.73. The van der Waals surface area contributed by atoms with E-state index in [9.17, 15) is 19.1 Å². The van der Waals surface area contributed by atoms with Crippen molar-refractivity contribution in [2.24, 2.45) is 0 Å². The third kappa shape index (κ3) is 3.69. The van der Waals surface area contributed by atoms with Crippen LogP contribution in [0.2, 0.25) is 0 Å². The second kappa shape index (κ2) is 7.44. The largest absolute Gasteiger partial charge is 0.394 e. The average molecular weight is 342 g/mol. The molecule has 0 fully saturated rings. The van der Waals surface area contributed by atoms with Gasteiger partial charge in [-0.05, 0) is 35.7 Å². The summed E-state index contributed by atoms with van der Waals surface area (Å²) in [5.41, 5.74) is 2.21. The molecule has 6 heteroatoms. The second-order valence-electron chi connectivity index (χ2n) is 5.93. The molecule has 0 unspecified atom stereocenters. The van der Waals surface area contributed by atoms with Crippen molar-refractivity contribution in [2.75, 3.05) is 19.7 Å². The lowest BCUT2D eigenvalue weighted by atomic mass is 9.93. The van der Waals surface area contributed by atoms with Crippen LogP contribution in [0.15, 0.2) is 48.5 Å². The zero-order valence-electron chi connectivity index (χ0n) is 13.6. The summed E-state index contributed by atoms with van der Waals surface area (Å²) in [6, 6.07) is 12.6. The van der Waals surface area contributed by atoms with Gasteiger partial charge in [-0.2, -0.15) is 0 Å². The molecule has 0 spiro atoms. The fourth-order valence-electron chi connectivity index (χ4n) is 3.14. The lowest BCUT2D eigenvalue weighted by Gasteiger charge is -2.36. The van der Waals surface area contributed by atoms with E-state index in [1.807, 2.05) is 24.3 Å². The van der Waals surface area contributed by atoms with Crippen LogP contribution >= 0.6 is 0 Å². The first-order valence-corrected chi connectivity index (χ1v) is 8.12. The van der Waals surface area contributed by atoms with Crippen LogP contribution in [0.3, 0.4) is 0 Å². The molecule has 25 heavy (non-hydrogen) atoms. The van der Waals surface area contributed by atoms with Crippen LogP contribution in [0.1, 0.15) is 27.5 Å². The van der Waals surface area contributed by atoms with Crippen LogP contribution in [0.25, 0.3) is 0 Å². The molecule has 2 amide bonds. The predicted molar refractivity (Wildman–Crippen MR) is 90.4 cm³/mol. The molecule has 0 bridgehead atoms. The van der Waals surface area contributed by atoms with Crippen LogP contribution in [-0.2, 0) is 11.2 Å². The molecule has 2 aromatic carbocycles. The first kappa shape index (κ1) is 17.1. The summed E-state index contributed by atoms with van der Waals surface area (Å²) in [4.78, 5) is 26.1. The predicted octanol–water partition coefficient (Wildman–Crippen LogP) is 1.67. The topological polar surface area (TPSA) is 69.6 Å². The van der Waals surface area contributed by atoms with Crippen molar-refractivity contribution in [3.63, 3.8) is 0 Å². The summed E-state index contributed by atoms with van der Waals surface area (Å²) in [5.74, 6) is -1.30. The smallest absolute Gasteiger partial charge is 0.251 e. The van der Waals surface area contributed by atoms with Crippen LogP contribution in [0.5, 0.6) is 0 Å². The molecule has 0 radical (unpaired) electrons. The van der Waals surface area contributed by atoms with Gasteiger partial charge >= 0.3 is 0 Å². The van der Waals surface area contributed by atoms with E-state index < -0.39 is 17.8 Å². The minimum Gasteiger partial charge on any atom is -0.394 e. The van der Waals surface area contributed by atoms with Crippen molar-refractivity contribution in [2.45, 2.75) is 12.5 Å². The quantitative estimate of drug-likeness (QED) is 0.888. The summed E-state index contributed by atoms with van der Waals surface area (Å²) in [5, 5.41) is 12.2. The van der Waals surface area contributed by atoms with Gasteiger partial charge in [-0.15, -0.1) is 0 Å². The third-order valence-corrected chi connectivity index (χ3v) is 4.39. The Morgan fingerprint density at radius 3 is 2.76 bits per heavy atom.